The van der Waals surface area contributed by atoms with E-state index in [2.05, 4.69) is 15.9 Å². The van der Waals surface area contributed by atoms with Crippen LogP contribution in [0.4, 0.5) is 0 Å². The van der Waals surface area contributed by atoms with E-state index in [1.807, 2.05) is 0 Å². The van der Waals surface area contributed by atoms with Crippen LogP contribution in [0.25, 0.3) is 0 Å². The Kier molecular flexibility index (Phi) is 7.06. The minimum absolute atomic E-state index is 0.0869. The van der Waals surface area contributed by atoms with Gasteiger partial charge in [-0.1, -0.05) is 0 Å². The highest BCUT2D eigenvalue weighted by molar-refractivity contribution is 9.10. The number of rotatable bonds is 8. The lowest BCUT2D eigenvalue weighted by Gasteiger charge is -2.23. The van der Waals surface area contributed by atoms with Crippen molar-refractivity contribution >= 4 is 33.7 Å². The molecule has 0 radical (unpaired) electrons. The van der Waals surface area contributed by atoms with E-state index in [1.165, 1.54) is 20.2 Å². The second-order valence-corrected chi connectivity index (χ2v) is 5.25. The standard InChI is InChI=1S/C13H17BrN2O6/c1-15(13(20)9-3-4-10(14)22-9)7-11(17)16(5-6-21-2)8-12(18)19/h3-4H,5-8H2,1-2H3,(H,18,19). The summed E-state index contributed by atoms with van der Waals surface area (Å²) in [7, 11) is 2.89. The predicted octanol–water partition coefficient (Wildman–Crippen LogP) is 0.674. The number of amides is 2. The average Bonchev–Trinajstić information content (AvgIpc) is 2.88. The highest BCUT2D eigenvalue weighted by atomic mass is 79.9. The van der Waals surface area contributed by atoms with Gasteiger partial charge in [0.25, 0.3) is 5.91 Å². The summed E-state index contributed by atoms with van der Waals surface area (Å²) in [6.07, 6.45) is 0. The molecule has 0 saturated carbocycles. The van der Waals surface area contributed by atoms with Gasteiger partial charge in [-0.15, -0.1) is 0 Å². The third kappa shape index (κ3) is 5.49. The SMILES string of the molecule is COCCN(CC(=O)O)C(=O)CN(C)C(=O)c1ccc(Br)o1. The van der Waals surface area contributed by atoms with Crippen LogP contribution in [0.2, 0.25) is 0 Å². The molecule has 0 spiro atoms. The molecule has 22 heavy (non-hydrogen) atoms. The number of methoxy groups -OCH3 is 1. The molecule has 9 heteroatoms. The minimum atomic E-state index is -1.13. The van der Waals surface area contributed by atoms with Crippen molar-refractivity contribution in [1.82, 2.24) is 9.80 Å². The fourth-order valence-corrected chi connectivity index (χ4v) is 1.96. The van der Waals surface area contributed by atoms with Crippen LogP contribution in [-0.4, -0.2) is 73.1 Å². The van der Waals surface area contributed by atoms with Crippen molar-refractivity contribution in [2.45, 2.75) is 0 Å². The summed E-state index contributed by atoms with van der Waals surface area (Å²) in [6.45, 7) is -0.359. The van der Waals surface area contributed by atoms with Crippen molar-refractivity contribution in [3.8, 4) is 0 Å². The molecule has 8 nitrogen and oxygen atoms in total. The molecule has 0 atom stereocenters. The van der Waals surface area contributed by atoms with Gasteiger partial charge in [0.15, 0.2) is 10.4 Å². The van der Waals surface area contributed by atoms with E-state index in [0.717, 1.165) is 9.80 Å². The molecule has 1 aromatic heterocycles. The fourth-order valence-electron chi connectivity index (χ4n) is 1.65. The van der Waals surface area contributed by atoms with E-state index < -0.39 is 24.3 Å². The second-order valence-electron chi connectivity index (χ2n) is 4.47. The summed E-state index contributed by atoms with van der Waals surface area (Å²) in [4.78, 5) is 37.2. The maximum Gasteiger partial charge on any atom is 0.323 e. The van der Waals surface area contributed by atoms with Gasteiger partial charge in [-0.05, 0) is 28.1 Å². The van der Waals surface area contributed by atoms with Crippen LogP contribution in [0.3, 0.4) is 0 Å². The zero-order valence-electron chi connectivity index (χ0n) is 12.2. The maximum atomic E-state index is 12.1. The van der Waals surface area contributed by atoms with Crippen molar-refractivity contribution in [1.29, 1.82) is 0 Å². The van der Waals surface area contributed by atoms with E-state index in [0.29, 0.717) is 4.67 Å². The summed E-state index contributed by atoms with van der Waals surface area (Å²) < 4.78 is 10.4. The second kappa shape index (κ2) is 8.54. The van der Waals surface area contributed by atoms with Crippen LogP contribution in [0.1, 0.15) is 10.6 Å². The molecule has 0 aliphatic carbocycles. The number of furan rings is 1. The number of nitrogens with zero attached hydrogens (tertiary/aromatic N) is 2. The van der Waals surface area contributed by atoms with E-state index in [-0.39, 0.29) is 25.5 Å². The zero-order valence-corrected chi connectivity index (χ0v) is 13.8. The molecular weight excluding hydrogens is 360 g/mol. The molecule has 0 aromatic carbocycles. The first-order valence-corrected chi connectivity index (χ1v) is 7.13. The molecule has 2 amide bonds. The van der Waals surface area contributed by atoms with E-state index in [4.69, 9.17) is 14.3 Å². The number of aliphatic carboxylic acids is 1. The lowest BCUT2D eigenvalue weighted by atomic mass is 10.3. The molecule has 0 unspecified atom stereocenters. The topological polar surface area (TPSA) is 100 Å². The van der Waals surface area contributed by atoms with Gasteiger partial charge in [0.2, 0.25) is 5.91 Å². The largest absolute Gasteiger partial charge is 0.480 e. The van der Waals surface area contributed by atoms with Crippen LogP contribution >= 0.6 is 15.9 Å². The number of carboxylic acid groups (broad SMARTS) is 1. The molecule has 0 bridgehead atoms. The highest BCUT2D eigenvalue weighted by Gasteiger charge is 2.22. The van der Waals surface area contributed by atoms with Crippen molar-refractivity contribution in [3.63, 3.8) is 0 Å². The first-order chi connectivity index (χ1) is 10.3. The van der Waals surface area contributed by atoms with Gasteiger partial charge < -0.3 is 24.1 Å². The normalized spacial score (nSPS) is 10.3. The first kappa shape index (κ1) is 18.2. The van der Waals surface area contributed by atoms with Crippen LogP contribution < -0.4 is 0 Å². The quantitative estimate of drug-likeness (QED) is 0.715. The Labute approximate surface area is 135 Å². The van der Waals surface area contributed by atoms with Gasteiger partial charge in [0.05, 0.1) is 13.2 Å². The number of hydrogen-bond acceptors (Lipinski definition) is 5. The number of carbonyl (C=O) groups excluding carboxylic acids is 2. The summed E-state index contributed by atoms with van der Waals surface area (Å²) in [6, 6.07) is 3.05. The van der Waals surface area contributed by atoms with Gasteiger partial charge in [-0.3, -0.25) is 14.4 Å². The Hall–Kier alpha value is -1.87. The molecule has 1 N–H and O–H groups in total. The Morgan fingerprint density at radius 3 is 2.50 bits per heavy atom. The van der Waals surface area contributed by atoms with Gasteiger partial charge >= 0.3 is 5.97 Å². The molecule has 122 valence electrons. The van der Waals surface area contributed by atoms with Crippen molar-refractivity contribution < 1.29 is 28.6 Å². The molecule has 0 aliphatic rings. The van der Waals surface area contributed by atoms with Crippen molar-refractivity contribution in [2.75, 3.05) is 40.4 Å². The Bertz CT molecular complexity index is 544. The van der Waals surface area contributed by atoms with Gasteiger partial charge in [0, 0.05) is 20.7 Å². The van der Waals surface area contributed by atoms with E-state index >= 15 is 0 Å². The predicted molar refractivity (Wildman–Crippen MR) is 79.5 cm³/mol. The summed E-state index contributed by atoms with van der Waals surface area (Å²) in [5.74, 6) is -2.00. The summed E-state index contributed by atoms with van der Waals surface area (Å²) >= 11 is 3.09. The third-order valence-corrected chi connectivity index (χ3v) is 3.17. The van der Waals surface area contributed by atoms with Crippen LogP contribution in [0.15, 0.2) is 21.2 Å². The van der Waals surface area contributed by atoms with E-state index in [9.17, 15) is 14.4 Å². The molecule has 1 heterocycles. The lowest BCUT2D eigenvalue weighted by Crippen LogP contribution is -2.44. The zero-order chi connectivity index (χ0) is 16.7. The minimum Gasteiger partial charge on any atom is -0.480 e. The van der Waals surface area contributed by atoms with Crippen LogP contribution in [0.5, 0.6) is 0 Å². The number of halogens is 1. The van der Waals surface area contributed by atoms with Gasteiger partial charge in [-0.2, -0.15) is 0 Å². The number of carbonyl (C=O) groups is 3. The maximum absolute atomic E-state index is 12.1. The average molecular weight is 377 g/mol. The molecule has 0 saturated heterocycles. The third-order valence-electron chi connectivity index (χ3n) is 2.75. The fraction of sp³-hybridized carbons (Fsp3) is 0.462. The van der Waals surface area contributed by atoms with Crippen molar-refractivity contribution in [2.24, 2.45) is 0 Å². The summed E-state index contributed by atoms with van der Waals surface area (Å²) in [5, 5.41) is 8.82. The Morgan fingerprint density at radius 2 is 2.00 bits per heavy atom. The van der Waals surface area contributed by atoms with Crippen LogP contribution in [0, 0.1) is 0 Å². The lowest BCUT2D eigenvalue weighted by molar-refractivity contribution is -0.145. The van der Waals surface area contributed by atoms with Gasteiger partial charge in [-0.25, -0.2) is 0 Å². The number of carboxylic acids is 1. The van der Waals surface area contributed by atoms with Gasteiger partial charge in [0.1, 0.15) is 6.54 Å². The Morgan fingerprint density at radius 1 is 1.32 bits per heavy atom. The first-order valence-electron chi connectivity index (χ1n) is 6.34. The molecule has 0 fully saturated rings. The summed E-state index contributed by atoms with van der Waals surface area (Å²) in [5.41, 5.74) is 0. The molecule has 1 rings (SSSR count). The number of ether oxygens (including phenoxy) is 1. The van der Waals surface area contributed by atoms with E-state index in [1.54, 1.807) is 6.07 Å². The molecular formula is C13H17BrN2O6. The molecule has 0 aliphatic heterocycles. The number of hydrogen-bond donors (Lipinski definition) is 1. The number of likely N-dealkylation sites (N-methyl/N-ethyl adjacent to an activating group) is 1. The monoisotopic (exact) mass is 376 g/mol. The van der Waals surface area contributed by atoms with Crippen molar-refractivity contribution in [3.05, 3.63) is 22.6 Å². The van der Waals surface area contributed by atoms with Crippen LogP contribution in [-0.2, 0) is 14.3 Å². The smallest absolute Gasteiger partial charge is 0.323 e. The Balaban J connectivity index is 2.66. The highest BCUT2D eigenvalue weighted by Crippen LogP contribution is 2.15. The molecule has 1 aromatic rings.